The average Bonchev–Trinajstić information content (AvgIpc) is 2.28. The van der Waals surface area contributed by atoms with Crippen molar-refractivity contribution in [1.82, 2.24) is 0 Å². The number of hydrogen-bond acceptors (Lipinski definition) is 3. The van der Waals surface area contributed by atoms with Gasteiger partial charge < -0.3 is 9.84 Å². The van der Waals surface area contributed by atoms with Crippen molar-refractivity contribution in [3.63, 3.8) is 0 Å². The van der Waals surface area contributed by atoms with Crippen molar-refractivity contribution in [2.75, 3.05) is 7.11 Å². The van der Waals surface area contributed by atoms with Crippen LogP contribution in [0.25, 0.3) is 10.8 Å². The summed E-state index contributed by atoms with van der Waals surface area (Å²) in [6.07, 6.45) is 0. The van der Waals surface area contributed by atoms with Crippen LogP contribution in [0, 0.1) is 3.57 Å². The van der Waals surface area contributed by atoms with Crippen LogP contribution in [-0.4, -0.2) is 18.2 Å². The number of hydrogen-bond donors (Lipinski definition) is 1. The van der Waals surface area contributed by atoms with Gasteiger partial charge in [-0.3, -0.25) is 0 Å². The number of ether oxygens (including phenoxy) is 1. The number of phenols is 1. The number of aromatic hydroxyl groups is 1. The minimum Gasteiger partial charge on any atom is -0.507 e. The van der Waals surface area contributed by atoms with Gasteiger partial charge in [0.1, 0.15) is 5.75 Å². The number of fused-ring (bicyclic) bond motifs is 1. The molecule has 2 rings (SSSR count). The summed E-state index contributed by atoms with van der Waals surface area (Å²) in [7, 11) is 1.32. The lowest BCUT2D eigenvalue weighted by Gasteiger charge is -2.05. The van der Waals surface area contributed by atoms with Crippen LogP contribution < -0.4 is 0 Å². The molecule has 0 saturated heterocycles. The van der Waals surface area contributed by atoms with Crippen molar-refractivity contribution >= 4 is 39.3 Å². The Hall–Kier alpha value is -1.30. The van der Waals surface area contributed by atoms with Crippen molar-refractivity contribution < 1.29 is 14.6 Å². The van der Waals surface area contributed by atoms with Crippen molar-refractivity contribution in [3.05, 3.63) is 39.5 Å². The van der Waals surface area contributed by atoms with Crippen LogP contribution in [-0.2, 0) is 4.74 Å². The third-order valence-corrected chi connectivity index (χ3v) is 2.99. The Morgan fingerprint density at radius 2 is 2.06 bits per heavy atom. The quantitative estimate of drug-likeness (QED) is 0.647. The van der Waals surface area contributed by atoms with Crippen LogP contribution in [0.3, 0.4) is 0 Å². The van der Waals surface area contributed by atoms with E-state index in [0.717, 1.165) is 14.3 Å². The van der Waals surface area contributed by atoms with E-state index >= 15 is 0 Å². The molecule has 0 spiro atoms. The lowest BCUT2D eigenvalue weighted by molar-refractivity contribution is 0.0600. The minimum atomic E-state index is -0.448. The molecule has 16 heavy (non-hydrogen) atoms. The Kier molecular flexibility index (Phi) is 3.00. The fourth-order valence-corrected chi connectivity index (χ4v) is 2.04. The van der Waals surface area contributed by atoms with Gasteiger partial charge in [-0.05, 0) is 52.2 Å². The largest absolute Gasteiger partial charge is 0.507 e. The second-order valence-corrected chi connectivity index (χ2v) is 4.60. The van der Waals surface area contributed by atoms with E-state index in [-0.39, 0.29) is 5.75 Å². The number of benzene rings is 2. The summed E-state index contributed by atoms with van der Waals surface area (Å²) < 4.78 is 5.65. The van der Waals surface area contributed by atoms with E-state index in [1.807, 2.05) is 18.2 Å². The van der Waals surface area contributed by atoms with Gasteiger partial charge in [-0.1, -0.05) is 6.07 Å². The summed E-state index contributed by atoms with van der Waals surface area (Å²) in [6, 6.07) is 8.78. The summed E-state index contributed by atoms with van der Waals surface area (Å²) in [5.74, 6) is -0.354. The van der Waals surface area contributed by atoms with E-state index in [2.05, 4.69) is 27.3 Å². The first-order valence-electron chi connectivity index (χ1n) is 4.62. The number of carbonyl (C=O) groups excluding carboxylic acids is 1. The van der Waals surface area contributed by atoms with Crippen LogP contribution >= 0.6 is 22.6 Å². The van der Waals surface area contributed by atoms with Gasteiger partial charge >= 0.3 is 5.97 Å². The maximum atomic E-state index is 11.3. The molecule has 0 aliphatic rings. The molecule has 3 nitrogen and oxygen atoms in total. The van der Waals surface area contributed by atoms with Crippen molar-refractivity contribution in [1.29, 1.82) is 0 Å². The van der Waals surface area contributed by atoms with E-state index < -0.39 is 5.97 Å². The second kappa shape index (κ2) is 4.29. The first-order valence-corrected chi connectivity index (χ1v) is 5.70. The van der Waals surface area contributed by atoms with E-state index in [9.17, 15) is 9.90 Å². The van der Waals surface area contributed by atoms with Crippen LogP contribution in [0.1, 0.15) is 10.4 Å². The summed E-state index contributed by atoms with van der Waals surface area (Å²) >= 11 is 2.17. The van der Waals surface area contributed by atoms with Gasteiger partial charge in [0.15, 0.2) is 0 Å². The van der Waals surface area contributed by atoms with Crippen molar-refractivity contribution in [2.45, 2.75) is 0 Å². The SMILES string of the molecule is COC(=O)c1cc(O)c2cc(I)ccc2c1. The topological polar surface area (TPSA) is 46.5 Å². The molecule has 0 aliphatic carbocycles. The molecule has 82 valence electrons. The Labute approximate surface area is 106 Å². The van der Waals surface area contributed by atoms with Crippen LogP contribution in [0.15, 0.2) is 30.3 Å². The molecule has 0 unspecified atom stereocenters. The molecule has 2 aromatic rings. The predicted octanol–water partition coefficient (Wildman–Crippen LogP) is 2.94. The molecule has 0 radical (unpaired) electrons. The van der Waals surface area contributed by atoms with Crippen molar-refractivity contribution in [3.8, 4) is 5.75 Å². The molecule has 0 aromatic heterocycles. The molecule has 0 atom stereocenters. The van der Waals surface area contributed by atoms with Crippen LogP contribution in [0.4, 0.5) is 0 Å². The minimum absolute atomic E-state index is 0.0939. The highest BCUT2D eigenvalue weighted by Gasteiger charge is 2.09. The third kappa shape index (κ3) is 1.97. The molecule has 0 saturated carbocycles. The van der Waals surface area contributed by atoms with Gasteiger partial charge in [0.05, 0.1) is 12.7 Å². The van der Waals surface area contributed by atoms with Gasteiger partial charge in [0.25, 0.3) is 0 Å². The summed E-state index contributed by atoms with van der Waals surface area (Å²) in [6.45, 7) is 0. The monoisotopic (exact) mass is 328 g/mol. The molecule has 1 N–H and O–H groups in total. The smallest absolute Gasteiger partial charge is 0.338 e. The van der Waals surface area contributed by atoms with Crippen LogP contribution in [0.2, 0.25) is 0 Å². The first kappa shape index (κ1) is 11.2. The number of esters is 1. The fraction of sp³-hybridized carbons (Fsp3) is 0.0833. The molecular weight excluding hydrogens is 319 g/mol. The van der Waals surface area contributed by atoms with E-state index in [4.69, 9.17) is 0 Å². The Morgan fingerprint density at radius 1 is 1.31 bits per heavy atom. The van der Waals surface area contributed by atoms with Gasteiger partial charge in [0, 0.05) is 8.96 Å². The highest BCUT2D eigenvalue weighted by molar-refractivity contribution is 14.1. The summed E-state index contributed by atoms with van der Waals surface area (Å²) in [4.78, 5) is 11.3. The second-order valence-electron chi connectivity index (χ2n) is 3.35. The van der Waals surface area contributed by atoms with Gasteiger partial charge in [-0.2, -0.15) is 0 Å². The molecule has 0 aliphatic heterocycles. The molecule has 0 bridgehead atoms. The Morgan fingerprint density at radius 3 is 2.75 bits per heavy atom. The maximum absolute atomic E-state index is 11.3. The van der Waals surface area contributed by atoms with Crippen LogP contribution in [0.5, 0.6) is 5.75 Å². The van der Waals surface area contributed by atoms with Gasteiger partial charge in [0.2, 0.25) is 0 Å². The zero-order valence-corrected chi connectivity index (χ0v) is 10.7. The molecule has 0 fully saturated rings. The average molecular weight is 328 g/mol. The van der Waals surface area contributed by atoms with Gasteiger partial charge in [-0.15, -0.1) is 0 Å². The Bertz CT molecular complexity index is 563. The number of methoxy groups -OCH3 is 1. The van der Waals surface area contributed by atoms with Crippen molar-refractivity contribution in [2.24, 2.45) is 0 Å². The highest BCUT2D eigenvalue weighted by atomic mass is 127. The molecule has 0 amide bonds. The van der Waals surface area contributed by atoms with E-state index in [1.165, 1.54) is 13.2 Å². The first-order chi connectivity index (χ1) is 7.61. The normalized spacial score (nSPS) is 10.4. The Balaban J connectivity index is 2.68. The number of phenolic OH excluding ortho intramolecular Hbond substituents is 1. The maximum Gasteiger partial charge on any atom is 0.338 e. The molecule has 2 aromatic carbocycles. The van der Waals surface area contributed by atoms with Gasteiger partial charge in [-0.25, -0.2) is 4.79 Å². The fourth-order valence-electron chi connectivity index (χ4n) is 1.55. The third-order valence-electron chi connectivity index (χ3n) is 2.32. The zero-order chi connectivity index (χ0) is 11.7. The number of halogens is 1. The molecule has 0 heterocycles. The summed E-state index contributed by atoms with van der Waals surface area (Å²) in [5, 5.41) is 11.4. The zero-order valence-electron chi connectivity index (χ0n) is 8.53. The highest BCUT2D eigenvalue weighted by Crippen LogP contribution is 2.28. The molecule has 4 heteroatoms. The van der Waals surface area contributed by atoms with E-state index in [1.54, 1.807) is 6.07 Å². The lowest BCUT2D eigenvalue weighted by Crippen LogP contribution is -2.00. The number of carbonyl (C=O) groups is 1. The predicted molar refractivity (Wildman–Crippen MR) is 69.7 cm³/mol. The van der Waals surface area contributed by atoms with E-state index in [0.29, 0.717) is 5.56 Å². The number of rotatable bonds is 1. The lowest BCUT2D eigenvalue weighted by atomic mass is 10.1. The molecular formula is C12H9IO3. The summed E-state index contributed by atoms with van der Waals surface area (Å²) in [5.41, 5.74) is 0.355. The standard InChI is InChI=1S/C12H9IO3/c1-16-12(15)8-4-7-2-3-9(13)6-10(7)11(14)5-8/h2-6,14H,1H3.